The summed E-state index contributed by atoms with van der Waals surface area (Å²) < 4.78 is 1.63. The number of hydrogen-bond acceptors (Lipinski definition) is 5. The number of hydrogen-bond donors (Lipinski definition) is 3. The Morgan fingerprint density at radius 2 is 1.67 bits per heavy atom. The second kappa shape index (κ2) is 14.6. The van der Waals surface area contributed by atoms with E-state index in [0.29, 0.717) is 5.95 Å². The molecule has 30 heavy (non-hydrogen) atoms. The molecule has 1 amide bonds. The zero-order valence-electron chi connectivity index (χ0n) is 18.5. The Hall–Kier alpha value is -2.38. The van der Waals surface area contributed by atoms with E-state index in [-0.39, 0.29) is 12.5 Å². The first-order valence-electron chi connectivity index (χ1n) is 11.6. The Kier molecular flexibility index (Phi) is 11.6. The van der Waals surface area contributed by atoms with Gasteiger partial charge in [0.25, 0.3) is 0 Å². The van der Waals surface area contributed by atoms with Gasteiger partial charge in [-0.25, -0.2) is 9.67 Å². The number of nitrogen functional groups attached to an aromatic ring is 1. The van der Waals surface area contributed by atoms with Crippen LogP contribution in [0.15, 0.2) is 12.4 Å². The van der Waals surface area contributed by atoms with Crippen LogP contribution in [-0.4, -0.2) is 37.4 Å². The molecule has 0 bridgehead atoms. The highest BCUT2D eigenvalue weighted by Crippen LogP contribution is 2.09. The lowest BCUT2D eigenvalue weighted by Crippen LogP contribution is -2.28. The number of imidazole rings is 1. The summed E-state index contributed by atoms with van der Waals surface area (Å²) in [4.78, 5) is 19.1. The van der Waals surface area contributed by atoms with Gasteiger partial charge in [0.05, 0.1) is 11.4 Å². The van der Waals surface area contributed by atoms with Gasteiger partial charge in [-0.3, -0.25) is 4.79 Å². The molecule has 0 saturated heterocycles. The normalized spacial score (nSPS) is 11.1. The van der Waals surface area contributed by atoms with Gasteiger partial charge in [-0.15, -0.1) is 5.10 Å². The number of unbranched alkanes of at least 4 members (excludes halogenated alkanes) is 9. The van der Waals surface area contributed by atoms with Crippen molar-refractivity contribution in [1.29, 1.82) is 0 Å². The second-order valence-corrected chi connectivity index (χ2v) is 8.07. The molecule has 0 aliphatic rings. The minimum Gasteiger partial charge on any atom is -0.369 e. The zero-order valence-corrected chi connectivity index (χ0v) is 18.5. The number of nitrogens with two attached hydrogens (primary N) is 1. The van der Waals surface area contributed by atoms with Crippen LogP contribution in [0.1, 0.15) is 88.9 Å². The number of aryl methyl sites for hydroxylation is 2. The van der Waals surface area contributed by atoms with Gasteiger partial charge >= 0.3 is 0 Å². The summed E-state index contributed by atoms with van der Waals surface area (Å²) in [5.74, 6) is 0.483. The summed E-state index contributed by atoms with van der Waals surface area (Å²) in [5, 5.41) is 11.2. The van der Waals surface area contributed by atoms with Crippen molar-refractivity contribution in [2.24, 2.45) is 0 Å². The summed E-state index contributed by atoms with van der Waals surface area (Å²) in [6, 6.07) is 0. The van der Waals surface area contributed by atoms with Gasteiger partial charge in [-0.2, -0.15) is 0 Å². The van der Waals surface area contributed by atoms with Crippen LogP contribution < -0.4 is 11.1 Å². The van der Waals surface area contributed by atoms with Crippen LogP contribution in [0, 0.1) is 0 Å². The molecule has 2 aromatic heterocycles. The smallest absolute Gasteiger partial charge is 0.241 e. The molecule has 0 saturated carbocycles. The van der Waals surface area contributed by atoms with Crippen LogP contribution in [0.5, 0.6) is 0 Å². The summed E-state index contributed by atoms with van der Waals surface area (Å²) in [6.45, 7) is 3.23. The lowest BCUT2D eigenvalue weighted by molar-refractivity contribution is -0.121. The maximum absolute atomic E-state index is 12.0. The average molecular weight is 418 g/mol. The molecule has 0 unspecified atom stereocenters. The number of anilines is 1. The number of aromatic amines is 1. The molecule has 2 heterocycles. The lowest BCUT2D eigenvalue weighted by atomic mass is 10.1. The van der Waals surface area contributed by atoms with Gasteiger partial charge < -0.3 is 16.0 Å². The highest BCUT2D eigenvalue weighted by molar-refractivity contribution is 5.75. The number of amides is 1. The van der Waals surface area contributed by atoms with Crippen molar-refractivity contribution in [3.63, 3.8) is 0 Å². The van der Waals surface area contributed by atoms with Gasteiger partial charge in [0.1, 0.15) is 6.54 Å². The van der Waals surface area contributed by atoms with E-state index in [2.05, 4.69) is 32.5 Å². The highest BCUT2D eigenvalue weighted by Gasteiger charge is 2.06. The van der Waals surface area contributed by atoms with E-state index in [1.54, 1.807) is 4.68 Å². The van der Waals surface area contributed by atoms with E-state index in [9.17, 15) is 4.79 Å². The van der Waals surface area contributed by atoms with Crippen LogP contribution in [0.25, 0.3) is 0 Å². The molecule has 0 aliphatic carbocycles. The third kappa shape index (κ3) is 10.4. The molecular formula is C22H39N7O. The summed E-state index contributed by atoms with van der Waals surface area (Å²) in [6.07, 6.45) is 18.9. The standard InChI is InChI=1S/C22H39N7O/c1-2-3-4-5-6-7-8-12-15-24-21(30)18-29-17-20(27-28-29)14-11-9-10-13-19-16-25-22(23)26-19/h16-17H,2-15,18H2,1H3,(H,24,30)(H3,23,25,26). The van der Waals surface area contributed by atoms with Gasteiger partial charge in [0, 0.05) is 18.9 Å². The quantitative estimate of drug-likeness (QED) is 0.339. The van der Waals surface area contributed by atoms with Crippen LogP contribution in [-0.2, 0) is 24.2 Å². The lowest BCUT2D eigenvalue weighted by Gasteiger charge is -2.05. The largest absolute Gasteiger partial charge is 0.369 e. The molecule has 168 valence electrons. The Balaban J connectivity index is 1.47. The molecule has 0 aliphatic heterocycles. The van der Waals surface area contributed by atoms with E-state index in [1.165, 1.54) is 44.9 Å². The molecule has 8 heteroatoms. The molecule has 8 nitrogen and oxygen atoms in total. The number of nitrogens with one attached hydrogen (secondary N) is 2. The minimum absolute atomic E-state index is 0.00710. The first-order chi connectivity index (χ1) is 14.7. The molecule has 0 radical (unpaired) electrons. The Morgan fingerprint density at radius 3 is 2.37 bits per heavy atom. The predicted octanol–water partition coefficient (Wildman–Crippen LogP) is 3.80. The van der Waals surface area contributed by atoms with Gasteiger partial charge in [0.15, 0.2) is 5.95 Å². The van der Waals surface area contributed by atoms with Gasteiger partial charge in [0.2, 0.25) is 5.91 Å². The Morgan fingerprint density at radius 1 is 1.00 bits per heavy atom. The van der Waals surface area contributed by atoms with E-state index < -0.39 is 0 Å². The average Bonchev–Trinajstić information content (AvgIpc) is 3.35. The Bertz CT molecular complexity index is 710. The van der Waals surface area contributed by atoms with Crippen molar-refractivity contribution < 1.29 is 4.79 Å². The van der Waals surface area contributed by atoms with E-state index >= 15 is 0 Å². The van der Waals surface area contributed by atoms with Crippen molar-refractivity contribution in [2.75, 3.05) is 12.3 Å². The number of carbonyl (C=O) groups is 1. The van der Waals surface area contributed by atoms with Gasteiger partial charge in [-0.1, -0.05) is 63.5 Å². The molecule has 2 aromatic rings. The number of aromatic nitrogens is 5. The maximum Gasteiger partial charge on any atom is 0.241 e. The van der Waals surface area contributed by atoms with E-state index in [1.807, 2.05) is 12.4 Å². The van der Waals surface area contributed by atoms with Crippen LogP contribution >= 0.6 is 0 Å². The number of nitrogens with zero attached hydrogens (tertiary/aromatic N) is 4. The van der Waals surface area contributed by atoms with Crippen molar-refractivity contribution in [1.82, 2.24) is 30.3 Å². The minimum atomic E-state index is 0.00710. The molecule has 2 rings (SSSR count). The van der Waals surface area contributed by atoms with Crippen molar-refractivity contribution in [3.05, 3.63) is 23.8 Å². The number of carbonyl (C=O) groups excluding carboxylic acids is 1. The zero-order chi connectivity index (χ0) is 21.4. The fourth-order valence-corrected chi connectivity index (χ4v) is 3.51. The fourth-order valence-electron chi connectivity index (χ4n) is 3.51. The third-order valence-corrected chi connectivity index (χ3v) is 5.26. The summed E-state index contributed by atoms with van der Waals surface area (Å²) in [5.41, 5.74) is 7.52. The van der Waals surface area contributed by atoms with Crippen LogP contribution in [0.4, 0.5) is 5.95 Å². The Labute approximate surface area is 180 Å². The van der Waals surface area contributed by atoms with E-state index in [0.717, 1.165) is 56.5 Å². The summed E-state index contributed by atoms with van der Waals surface area (Å²) >= 11 is 0. The van der Waals surface area contributed by atoms with E-state index in [4.69, 9.17) is 5.73 Å². The first-order valence-corrected chi connectivity index (χ1v) is 11.6. The molecular weight excluding hydrogens is 378 g/mol. The van der Waals surface area contributed by atoms with Gasteiger partial charge in [-0.05, 0) is 32.1 Å². The maximum atomic E-state index is 12.0. The molecule has 0 fully saturated rings. The second-order valence-electron chi connectivity index (χ2n) is 8.07. The molecule has 4 N–H and O–H groups in total. The number of H-pyrrole nitrogens is 1. The number of rotatable bonds is 17. The molecule has 0 atom stereocenters. The summed E-state index contributed by atoms with van der Waals surface area (Å²) in [7, 11) is 0. The van der Waals surface area contributed by atoms with Crippen molar-refractivity contribution in [2.45, 2.75) is 96.9 Å². The van der Waals surface area contributed by atoms with Crippen molar-refractivity contribution in [3.8, 4) is 0 Å². The first kappa shape index (κ1) is 23.9. The molecule has 0 aromatic carbocycles. The molecule has 0 spiro atoms. The SMILES string of the molecule is CCCCCCCCCCNC(=O)Cn1cc(CCCCCc2c[nH]c(N)n2)nn1. The topological polar surface area (TPSA) is 115 Å². The van der Waals surface area contributed by atoms with Crippen LogP contribution in [0.3, 0.4) is 0 Å². The monoisotopic (exact) mass is 417 g/mol. The van der Waals surface area contributed by atoms with Crippen molar-refractivity contribution >= 4 is 11.9 Å². The highest BCUT2D eigenvalue weighted by atomic mass is 16.2. The third-order valence-electron chi connectivity index (χ3n) is 5.26. The van der Waals surface area contributed by atoms with Crippen LogP contribution in [0.2, 0.25) is 0 Å². The fraction of sp³-hybridized carbons (Fsp3) is 0.727. The predicted molar refractivity (Wildman–Crippen MR) is 120 cm³/mol.